The average molecular weight is 236 g/mol. The molecule has 2 N–H and O–H groups in total. The number of aromatic nitrogens is 2. The second-order valence-corrected chi connectivity index (χ2v) is 3.67. The molecule has 0 saturated heterocycles. The first-order chi connectivity index (χ1) is 7.75. The highest BCUT2D eigenvalue weighted by Crippen LogP contribution is 2.10. The Hall–Kier alpha value is -1.81. The Morgan fingerprint density at radius 2 is 2.38 bits per heavy atom. The van der Waals surface area contributed by atoms with Crippen molar-refractivity contribution >= 4 is 17.5 Å². The van der Waals surface area contributed by atoms with E-state index in [-0.39, 0.29) is 5.91 Å². The van der Waals surface area contributed by atoms with Gasteiger partial charge in [-0.05, 0) is 18.2 Å². The lowest BCUT2D eigenvalue weighted by Gasteiger charge is -2.03. The summed E-state index contributed by atoms with van der Waals surface area (Å²) >= 11 is 5.79. The summed E-state index contributed by atoms with van der Waals surface area (Å²) in [4.78, 5) is 18.6. The van der Waals surface area contributed by atoms with Crippen molar-refractivity contribution in [2.24, 2.45) is 0 Å². The number of halogens is 1. The van der Waals surface area contributed by atoms with Gasteiger partial charge in [-0.25, -0.2) is 4.98 Å². The molecule has 16 heavy (non-hydrogen) atoms. The molecule has 4 nitrogen and oxygen atoms in total. The summed E-state index contributed by atoms with van der Waals surface area (Å²) in [7, 11) is 0. The van der Waals surface area contributed by atoms with E-state index in [1.165, 1.54) is 0 Å². The van der Waals surface area contributed by atoms with E-state index in [1.807, 2.05) is 0 Å². The van der Waals surface area contributed by atoms with Crippen LogP contribution in [0, 0.1) is 0 Å². The normalized spacial score (nSPS) is 10.1. The van der Waals surface area contributed by atoms with Gasteiger partial charge in [0, 0.05) is 23.0 Å². The third kappa shape index (κ3) is 2.61. The van der Waals surface area contributed by atoms with E-state index in [0.717, 1.165) is 5.82 Å². The van der Waals surface area contributed by atoms with Crippen LogP contribution in [0.3, 0.4) is 0 Å². The molecule has 1 heterocycles. The molecule has 0 bridgehead atoms. The molecule has 2 aromatic rings. The van der Waals surface area contributed by atoms with E-state index in [4.69, 9.17) is 11.6 Å². The topological polar surface area (TPSA) is 57.8 Å². The molecule has 0 radical (unpaired) electrons. The molecule has 0 atom stereocenters. The summed E-state index contributed by atoms with van der Waals surface area (Å²) in [6.07, 6.45) is 3.35. The van der Waals surface area contributed by atoms with Crippen molar-refractivity contribution in [3.63, 3.8) is 0 Å². The van der Waals surface area contributed by atoms with Gasteiger partial charge in [0.25, 0.3) is 5.91 Å². The maximum atomic E-state index is 11.7. The van der Waals surface area contributed by atoms with Gasteiger partial charge in [0.05, 0.1) is 6.54 Å². The number of benzene rings is 1. The van der Waals surface area contributed by atoms with Gasteiger partial charge in [-0.15, -0.1) is 0 Å². The number of nitrogens with one attached hydrogen (secondary N) is 2. The number of amides is 1. The summed E-state index contributed by atoms with van der Waals surface area (Å²) < 4.78 is 0. The monoisotopic (exact) mass is 235 g/mol. The maximum Gasteiger partial charge on any atom is 0.251 e. The number of imidazole rings is 1. The highest BCUT2D eigenvalue weighted by molar-refractivity contribution is 6.30. The summed E-state index contributed by atoms with van der Waals surface area (Å²) in [6.45, 7) is 0.373. The number of rotatable bonds is 3. The average Bonchev–Trinajstić information content (AvgIpc) is 2.78. The number of nitrogens with zero attached hydrogens (tertiary/aromatic N) is 1. The Labute approximate surface area is 97.7 Å². The van der Waals surface area contributed by atoms with E-state index in [2.05, 4.69) is 15.3 Å². The minimum atomic E-state index is -0.168. The lowest BCUT2D eigenvalue weighted by atomic mass is 10.2. The molecular formula is C11H10ClN3O. The van der Waals surface area contributed by atoms with E-state index in [0.29, 0.717) is 17.1 Å². The molecule has 82 valence electrons. The van der Waals surface area contributed by atoms with Crippen molar-refractivity contribution in [3.8, 4) is 0 Å². The minimum absolute atomic E-state index is 0.168. The van der Waals surface area contributed by atoms with Crippen molar-refractivity contribution in [1.29, 1.82) is 0 Å². The van der Waals surface area contributed by atoms with Gasteiger partial charge in [0.2, 0.25) is 0 Å². The van der Waals surface area contributed by atoms with Crippen LogP contribution < -0.4 is 5.32 Å². The van der Waals surface area contributed by atoms with E-state index in [1.54, 1.807) is 36.7 Å². The van der Waals surface area contributed by atoms with E-state index in [9.17, 15) is 4.79 Å². The maximum absolute atomic E-state index is 11.7. The minimum Gasteiger partial charge on any atom is -0.347 e. The molecular weight excluding hydrogens is 226 g/mol. The van der Waals surface area contributed by atoms with Crippen molar-refractivity contribution in [1.82, 2.24) is 15.3 Å². The molecule has 1 amide bonds. The van der Waals surface area contributed by atoms with Crippen LogP contribution in [0.4, 0.5) is 0 Å². The fourth-order valence-electron chi connectivity index (χ4n) is 1.29. The number of carbonyl (C=O) groups is 1. The molecule has 2 rings (SSSR count). The smallest absolute Gasteiger partial charge is 0.251 e. The van der Waals surface area contributed by atoms with Gasteiger partial charge >= 0.3 is 0 Å². The van der Waals surface area contributed by atoms with Crippen molar-refractivity contribution in [2.45, 2.75) is 6.54 Å². The number of H-pyrrole nitrogens is 1. The van der Waals surface area contributed by atoms with Crippen molar-refractivity contribution in [2.75, 3.05) is 0 Å². The number of hydrogen-bond donors (Lipinski definition) is 2. The van der Waals surface area contributed by atoms with E-state index >= 15 is 0 Å². The van der Waals surface area contributed by atoms with Crippen LogP contribution in [0.2, 0.25) is 5.02 Å². The zero-order chi connectivity index (χ0) is 11.4. The molecule has 0 aliphatic rings. The Balaban J connectivity index is 1.98. The molecule has 0 spiro atoms. The summed E-state index contributed by atoms with van der Waals surface area (Å²) in [6, 6.07) is 6.80. The second kappa shape index (κ2) is 4.81. The first-order valence-corrected chi connectivity index (χ1v) is 5.15. The molecule has 0 saturated carbocycles. The Morgan fingerprint density at radius 3 is 3.06 bits per heavy atom. The van der Waals surface area contributed by atoms with Gasteiger partial charge in [-0.1, -0.05) is 17.7 Å². The largest absolute Gasteiger partial charge is 0.347 e. The van der Waals surface area contributed by atoms with Crippen LogP contribution in [0.5, 0.6) is 0 Å². The highest BCUT2D eigenvalue weighted by Gasteiger charge is 2.05. The Kier molecular flexibility index (Phi) is 3.22. The first-order valence-electron chi connectivity index (χ1n) is 4.78. The van der Waals surface area contributed by atoms with Gasteiger partial charge in [-0.3, -0.25) is 4.79 Å². The fourth-order valence-corrected chi connectivity index (χ4v) is 1.48. The predicted octanol–water partition coefficient (Wildman–Crippen LogP) is 1.99. The van der Waals surface area contributed by atoms with Crippen LogP contribution in [0.1, 0.15) is 16.2 Å². The molecule has 0 unspecified atom stereocenters. The second-order valence-electron chi connectivity index (χ2n) is 3.23. The van der Waals surface area contributed by atoms with Crippen LogP contribution in [-0.2, 0) is 6.54 Å². The Bertz CT molecular complexity index is 482. The third-order valence-corrected chi connectivity index (χ3v) is 2.29. The van der Waals surface area contributed by atoms with E-state index < -0.39 is 0 Å². The number of hydrogen-bond acceptors (Lipinski definition) is 2. The summed E-state index contributed by atoms with van der Waals surface area (Å²) in [5.41, 5.74) is 0.541. The Morgan fingerprint density at radius 1 is 1.50 bits per heavy atom. The van der Waals surface area contributed by atoms with Crippen LogP contribution in [-0.4, -0.2) is 15.9 Å². The standard InChI is InChI=1S/C11H10ClN3O/c12-9-3-1-2-8(6-9)11(16)15-7-10-13-4-5-14-10/h1-6H,7H2,(H,13,14)(H,15,16). The summed E-state index contributed by atoms with van der Waals surface area (Å²) in [5.74, 6) is 0.550. The third-order valence-electron chi connectivity index (χ3n) is 2.06. The van der Waals surface area contributed by atoms with Crippen molar-refractivity contribution < 1.29 is 4.79 Å². The number of aromatic amines is 1. The van der Waals surface area contributed by atoms with Crippen LogP contribution in [0.15, 0.2) is 36.7 Å². The molecule has 0 fully saturated rings. The molecule has 0 aliphatic heterocycles. The predicted molar refractivity (Wildman–Crippen MR) is 61.2 cm³/mol. The lowest BCUT2D eigenvalue weighted by molar-refractivity contribution is 0.0950. The van der Waals surface area contributed by atoms with Gasteiger partial charge in [0.1, 0.15) is 5.82 Å². The molecule has 5 heteroatoms. The first kappa shape index (κ1) is 10.7. The van der Waals surface area contributed by atoms with Gasteiger partial charge < -0.3 is 10.3 Å². The van der Waals surface area contributed by atoms with Gasteiger partial charge in [0.15, 0.2) is 0 Å². The van der Waals surface area contributed by atoms with Crippen LogP contribution in [0.25, 0.3) is 0 Å². The van der Waals surface area contributed by atoms with Crippen molar-refractivity contribution in [3.05, 3.63) is 53.1 Å². The molecule has 1 aromatic carbocycles. The SMILES string of the molecule is O=C(NCc1ncc[nH]1)c1cccc(Cl)c1. The quantitative estimate of drug-likeness (QED) is 0.855. The fraction of sp³-hybridized carbons (Fsp3) is 0.0909. The molecule has 0 aliphatic carbocycles. The van der Waals surface area contributed by atoms with Gasteiger partial charge in [-0.2, -0.15) is 0 Å². The number of carbonyl (C=O) groups excluding carboxylic acids is 1. The lowest BCUT2D eigenvalue weighted by Crippen LogP contribution is -2.23. The van der Waals surface area contributed by atoms with Crippen LogP contribution >= 0.6 is 11.6 Å². The summed E-state index contributed by atoms with van der Waals surface area (Å²) in [5, 5.41) is 3.28. The zero-order valence-electron chi connectivity index (χ0n) is 8.40. The zero-order valence-corrected chi connectivity index (χ0v) is 9.16. The molecule has 1 aromatic heterocycles. The highest BCUT2D eigenvalue weighted by atomic mass is 35.5.